The average molecular weight is 275 g/mol. The Morgan fingerprint density at radius 2 is 1.85 bits per heavy atom. The topological polar surface area (TPSA) is 40.5 Å². The third-order valence-electron chi connectivity index (χ3n) is 4.49. The maximum Gasteiger partial charge on any atom is 0.336 e. The highest BCUT2D eigenvalue weighted by molar-refractivity contribution is 5.91. The monoisotopic (exact) mass is 275 g/mol. The van der Waals surface area contributed by atoms with Crippen LogP contribution in [0.4, 0.5) is 5.69 Å². The van der Waals surface area contributed by atoms with Gasteiger partial charge in [0, 0.05) is 24.2 Å². The van der Waals surface area contributed by atoms with Crippen LogP contribution in [0.25, 0.3) is 0 Å². The van der Waals surface area contributed by atoms with Gasteiger partial charge in [-0.2, -0.15) is 0 Å². The van der Waals surface area contributed by atoms with E-state index in [1.807, 2.05) is 19.1 Å². The summed E-state index contributed by atoms with van der Waals surface area (Å²) in [7, 11) is 0. The first-order chi connectivity index (χ1) is 9.53. The highest BCUT2D eigenvalue weighted by Crippen LogP contribution is 2.43. The van der Waals surface area contributed by atoms with Crippen LogP contribution in [0.3, 0.4) is 0 Å². The lowest BCUT2D eigenvalue weighted by molar-refractivity contribution is 0.0696. The zero-order chi connectivity index (χ0) is 14.8. The summed E-state index contributed by atoms with van der Waals surface area (Å²) >= 11 is 0. The standard InChI is InChI=1S/C17H25NO2/c1-4-9-17(10-5-2)11-18(12-17)15-8-6-7-14(13(15)3)16(19)20/h6-8H,4-5,9-12H2,1-3H3,(H,19,20). The Labute approximate surface area is 121 Å². The highest BCUT2D eigenvalue weighted by atomic mass is 16.4. The largest absolute Gasteiger partial charge is 0.478 e. The molecule has 0 amide bonds. The molecular formula is C17H25NO2. The number of carbonyl (C=O) groups is 1. The van der Waals surface area contributed by atoms with Gasteiger partial charge in [-0.05, 0) is 37.5 Å². The molecule has 0 saturated carbocycles. The zero-order valence-corrected chi connectivity index (χ0v) is 12.8. The molecule has 1 N–H and O–H groups in total. The quantitative estimate of drug-likeness (QED) is 0.849. The van der Waals surface area contributed by atoms with Gasteiger partial charge in [-0.1, -0.05) is 32.8 Å². The fourth-order valence-corrected chi connectivity index (χ4v) is 3.63. The van der Waals surface area contributed by atoms with E-state index in [0.29, 0.717) is 11.0 Å². The second-order valence-corrected chi connectivity index (χ2v) is 6.11. The minimum absolute atomic E-state index is 0.422. The summed E-state index contributed by atoms with van der Waals surface area (Å²) in [5.41, 5.74) is 2.86. The molecule has 0 atom stereocenters. The molecule has 1 saturated heterocycles. The van der Waals surface area contributed by atoms with Gasteiger partial charge < -0.3 is 10.0 Å². The van der Waals surface area contributed by atoms with Gasteiger partial charge in [-0.3, -0.25) is 0 Å². The van der Waals surface area contributed by atoms with Gasteiger partial charge in [0.2, 0.25) is 0 Å². The van der Waals surface area contributed by atoms with Gasteiger partial charge in [0.05, 0.1) is 5.56 Å². The van der Waals surface area contributed by atoms with Crippen molar-refractivity contribution in [2.75, 3.05) is 18.0 Å². The van der Waals surface area contributed by atoms with Crippen molar-refractivity contribution in [2.24, 2.45) is 5.41 Å². The van der Waals surface area contributed by atoms with Crippen molar-refractivity contribution in [3.05, 3.63) is 29.3 Å². The van der Waals surface area contributed by atoms with Crippen molar-refractivity contribution in [1.29, 1.82) is 0 Å². The first kappa shape index (κ1) is 14.9. The SMILES string of the molecule is CCCC1(CCC)CN(c2cccc(C(=O)O)c2C)C1. The van der Waals surface area contributed by atoms with E-state index in [-0.39, 0.29) is 0 Å². The summed E-state index contributed by atoms with van der Waals surface area (Å²) in [5.74, 6) is -0.835. The molecule has 20 heavy (non-hydrogen) atoms. The molecular weight excluding hydrogens is 250 g/mol. The molecule has 0 bridgehead atoms. The van der Waals surface area contributed by atoms with Crippen LogP contribution in [0.5, 0.6) is 0 Å². The molecule has 0 unspecified atom stereocenters. The fourth-order valence-electron chi connectivity index (χ4n) is 3.63. The number of hydrogen-bond donors (Lipinski definition) is 1. The molecule has 0 aliphatic carbocycles. The molecule has 1 fully saturated rings. The van der Waals surface area contributed by atoms with Crippen molar-refractivity contribution < 1.29 is 9.90 Å². The minimum atomic E-state index is -0.835. The van der Waals surface area contributed by atoms with Crippen LogP contribution >= 0.6 is 0 Å². The van der Waals surface area contributed by atoms with Crippen molar-refractivity contribution in [2.45, 2.75) is 46.5 Å². The summed E-state index contributed by atoms with van der Waals surface area (Å²) in [5, 5.41) is 9.22. The Bertz CT molecular complexity index is 482. The molecule has 1 aliphatic rings. The summed E-state index contributed by atoms with van der Waals surface area (Å²) in [6.07, 6.45) is 4.99. The molecule has 3 nitrogen and oxygen atoms in total. The number of aromatic carboxylic acids is 1. The number of nitrogens with zero attached hydrogens (tertiary/aromatic N) is 1. The number of carboxylic acid groups (broad SMARTS) is 1. The van der Waals surface area contributed by atoms with Gasteiger partial charge >= 0.3 is 5.97 Å². The van der Waals surface area contributed by atoms with Gasteiger partial charge in [0.1, 0.15) is 0 Å². The van der Waals surface area contributed by atoms with Gasteiger partial charge in [0.25, 0.3) is 0 Å². The predicted molar refractivity (Wildman–Crippen MR) is 82.6 cm³/mol. The smallest absolute Gasteiger partial charge is 0.336 e. The number of rotatable bonds is 6. The van der Waals surface area contributed by atoms with Crippen LogP contribution in [0.2, 0.25) is 0 Å². The number of hydrogen-bond acceptors (Lipinski definition) is 2. The van der Waals surface area contributed by atoms with Crippen LogP contribution in [0.1, 0.15) is 55.5 Å². The molecule has 0 radical (unpaired) electrons. The maximum absolute atomic E-state index is 11.2. The summed E-state index contributed by atoms with van der Waals surface area (Å²) in [6, 6.07) is 5.58. The molecule has 110 valence electrons. The molecule has 1 aromatic rings. The fraction of sp³-hybridized carbons (Fsp3) is 0.588. The minimum Gasteiger partial charge on any atom is -0.478 e. The summed E-state index contributed by atoms with van der Waals surface area (Å²) < 4.78 is 0. The predicted octanol–water partition coefficient (Wildman–Crippen LogP) is 4.10. The van der Waals surface area contributed by atoms with E-state index < -0.39 is 5.97 Å². The van der Waals surface area contributed by atoms with Crippen molar-refractivity contribution >= 4 is 11.7 Å². The van der Waals surface area contributed by atoms with E-state index in [4.69, 9.17) is 0 Å². The average Bonchev–Trinajstić information content (AvgIpc) is 2.36. The Morgan fingerprint density at radius 1 is 1.25 bits per heavy atom. The van der Waals surface area contributed by atoms with Gasteiger partial charge in [0.15, 0.2) is 0 Å². The van der Waals surface area contributed by atoms with Gasteiger partial charge in [-0.15, -0.1) is 0 Å². The normalized spacial score (nSPS) is 16.9. The Balaban J connectivity index is 2.16. The van der Waals surface area contributed by atoms with Crippen LogP contribution in [-0.4, -0.2) is 24.2 Å². The van der Waals surface area contributed by atoms with Crippen LogP contribution in [-0.2, 0) is 0 Å². The van der Waals surface area contributed by atoms with Crippen LogP contribution in [0.15, 0.2) is 18.2 Å². The number of carboxylic acids is 1. The van der Waals surface area contributed by atoms with Crippen molar-refractivity contribution in [3.8, 4) is 0 Å². The molecule has 2 rings (SSSR count). The van der Waals surface area contributed by atoms with Crippen molar-refractivity contribution in [3.63, 3.8) is 0 Å². The lowest BCUT2D eigenvalue weighted by atomic mass is 9.72. The van der Waals surface area contributed by atoms with E-state index in [2.05, 4.69) is 18.7 Å². The molecule has 1 heterocycles. The van der Waals surface area contributed by atoms with Crippen LogP contribution < -0.4 is 4.90 Å². The first-order valence-corrected chi connectivity index (χ1v) is 7.61. The van der Waals surface area contributed by atoms with E-state index >= 15 is 0 Å². The van der Waals surface area contributed by atoms with Gasteiger partial charge in [-0.25, -0.2) is 4.79 Å². The van der Waals surface area contributed by atoms with E-state index in [1.54, 1.807) is 6.07 Å². The Kier molecular flexibility index (Phi) is 4.36. The zero-order valence-electron chi connectivity index (χ0n) is 12.8. The summed E-state index contributed by atoms with van der Waals surface area (Å²) in [6.45, 7) is 8.54. The second-order valence-electron chi connectivity index (χ2n) is 6.11. The van der Waals surface area contributed by atoms with Crippen molar-refractivity contribution in [1.82, 2.24) is 0 Å². The molecule has 0 aromatic heterocycles. The molecule has 3 heteroatoms. The molecule has 1 aliphatic heterocycles. The molecule has 1 aromatic carbocycles. The number of anilines is 1. The molecule has 0 spiro atoms. The van der Waals surface area contributed by atoms with E-state index in [9.17, 15) is 9.90 Å². The third kappa shape index (κ3) is 2.67. The lowest BCUT2D eigenvalue weighted by Crippen LogP contribution is -2.56. The second kappa shape index (κ2) is 5.86. The summed E-state index contributed by atoms with van der Waals surface area (Å²) in [4.78, 5) is 13.6. The maximum atomic E-state index is 11.2. The lowest BCUT2D eigenvalue weighted by Gasteiger charge is -2.52. The Hall–Kier alpha value is -1.51. The van der Waals surface area contributed by atoms with E-state index in [0.717, 1.165) is 24.3 Å². The van der Waals surface area contributed by atoms with Crippen LogP contribution in [0, 0.1) is 12.3 Å². The third-order valence-corrected chi connectivity index (χ3v) is 4.49. The first-order valence-electron chi connectivity index (χ1n) is 7.61. The number of benzene rings is 1. The van der Waals surface area contributed by atoms with E-state index in [1.165, 1.54) is 25.7 Å². The highest BCUT2D eigenvalue weighted by Gasteiger charge is 2.41. The Morgan fingerprint density at radius 3 is 2.35 bits per heavy atom.